The van der Waals surface area contributed by atoms with Gasteiger partial charge in [-0.3, -0.25) is 4.57 Å². The van der Waals surface area contributed by atoms with Crippen LogP contribution in [0.4, 0.5) is 10.6 Å². The van der Waals surface area contributed by atoms with E-state index >= 15 is 0 Å². The van der Waals surface area contributed by atoms with Crippen LogP contribution in [0.5, 0.6) is 0 Å². The quantitative estimate of drug-likeness (QED) is 0.368. The van der Waals surface area contributed by atoms with Crippen molar-refractivity contribution in [3.8, 4) is 0 Å². The Morgan fingerprint density at radius 1 is 1.19 bits per heavy atom. The van der Waals surface area contributed by atoms with Crippen LogP contribution in [-0.4, -0.2) is 88.9 Å². The predicted molar refractivity (Wildman–Crippen MR) is 131 cm³/mol. The molecule has 3 aliphatic rings. The molecule has 0 aliphatic carbocycles. The molecule has 3 fully saturated rings. The summed E-state index contributed by atoms with van der Waals surface area (Å²) in [5, 5.41) is 33.9. The smallest absolute Gasteiger partial charge is 0.410 e. The number of nitrogens with zero attached hydrogens (tertiary/aromatic N) is 5. The molecule has 4 N–H and O–H groups in total. The largest absolute Gasteiger partial charge is 0.444 e. The molecule has 0 saturated carbocycles. The Morgan fingerprint density at radius 2 is 2.03 bits per heavy atom. The first-order valence-corrected chi connectivity index (χ1v) is 12.6. The molecular weight excluding hydrogens is 504 g/mol. The SMILES string of the molecule is O=C(OCc1ccccc1Cl)N1C2CCC1C(Nc1ncnc3c1ncn3[C@@H]1O[C@H](CO)[C@@H](O)[C@H]1O)C2. The minimum absolute atomic E-state index is 0.0521. The van der Waals surface area contributed by atoms with Gasteiger partial charge in [0.05, 0.1) is 25.0 Å². The van der Waals surface area contributed by atoms with Gasteiger partial charge in [0, 0.05) is 16.6 Å². The first-order chi connectivity index (χ1) is 18.0. The van der Waals surface area contributed by atoms with Crippen LogP contribution in [0.3, 0.4) is 0 Å². The zero-order valence-corrected chi connectivity index (χ0v) is 20.5. The number of ether oxygens (including phenoxy) is 2. The Labute approximate surface area is 216 Å². The lowest BCUT2D eigenvalue weighted by Crippen LogP contribution is -2.40. The fourth-order valence-electron chi connectivity index (χ4n) is 5.69. The fraction of sp³-hybridized carbons (Fsp3) is 0.500. The lowest BCUT2D eigenvalue weighted by atomic mass is 9.95. The third-order valence-corrected chi connectivity index (χ3v) is 7.90. The molecule has 3 aliphatic heterocycles. The number of amides is 1. The van der Waals surface area contributed by atoms with E-state index in [4.69, 9.17) is 21.1 Å². The van der Waals surface area contributed by atoms with Gasteiger partial charge in [-0.1, -0.05) is 29.8 Å². The second-order valence-electron chi connectivity index (χ2n) is 9.61. The molecule has 6 rings (SSSR count). The monoisotopic (exact) mass is 530 g/mol. The number of aromatic nitrogens is 4. The lowest BCUT2D eigenvalue weighted by Gasteiger charge is -2.25. The van der Waals surface area contributed by atoms with Crippen molar-refractivity contribution in [2.24, 2.45) is 0 Å². The number of imidazole rings is 1. The Kier molecular flexibility index (Phi) is 6.37. The third-order valence-electron chi connectivity index (χ3n) is 7.53. The molecule has 37 heavy (non-hydrogen) atoms. The third kappa shape index (κ3) is 4.18. The highest BCUT2D eigenvalue weighted by molar-refractivity contribution is 6.31. The maximum atomic E-state index is 13.0. The Bertz CT molecular complexity index is 1310. The molecule has 0 radical (unpaired) electrons. The van der Waals surface area contributed by atoms with Crippen LogP contribution in [-0.2, 0) is 16.1 Å². The summed E-state index contributed by atoms with van der Waals surface area (Å²) < 4.78 is 12.7. The molecule has 13 heteroatoms. The molecule has 3 saturated heterocycles. The lowest BCUT2D eigenvalue weighted by molar-refractivity contribution is -0.0511. The van der Waals surface area contributed by atoms with Crippen molar-refractivity contribution in [2.45, 2.75) is 68.5 Å². The number of benzene rings is 1. The number of anilines is 1. The van der Waals surface area contributed by atoms with Crippen molar-refractivity contribution in [3.63, 3.8) is 0 Å². The second kappa shape index (κ2) is 9.69. The minimum Gasteiger partial charge on any atom is -0.444 e. The van der Waals surface area contributed by atoms with E-state index in [9.17, 15) is 20.1 Å². The Hall–Kier alpha value is -3.03. The number of carbonyl (C=O) groups excluding carboxylic acids is 1. The topological polar surface area (TPSA) is 155 Å². The number of fused-ring (bicyclic) bond motifs is 3. The normalized spacial score (nSPS) is 30.8. The summed E-state index contributed by atoms with van der Waals surface area (Å²) in [7, 11) is 0. The number of aliphatic hydroxyl groups is 3. The number of hydrogen-bond donors (Lipinski definition) is 4. The van der Waals surface area contributed by atoms with Crippen molar-refractivity contribution in [1.82, 2.24) is 24.4 Å². The van der Waals surface area contributed by atoms with Crippen molar-refractivity contribution >= 4 is 34.7 Å². The van der Waals surface area contributed by atoms with Crippen LogP contribution >= 0.6 is 11.6 Å². The highest BCUT2D eigenvalue weighted by Crippen LogP contribution is 2.40. The standard InChI is InChI=1S/C24H27ClN6O6/c25-14-4-2-1-3-12(14)9-36-24(35)31-13-5-6-16(31)15(7-13)29-21-18-22(27-10-26-21)30(11-28-18)23-20(34)19(33)17(8-32)37-23/h1-4,10-11,13,15-17,19-20,23,32-34H,5-9H2,(H,26,27,29)/t13?,15?,16?,17-,19-,20-,23-/m1/s1. The zero-order valence-electron chi connectivity index (χ0n) is 19.7. The average molecular weight is 531 g/mol. The van der Waals surface area contributed by atoms with E-state index in [1.165, 1.54) is 17.2 Å². The van der Waals surface area contributed by atoms with Gasteiger partial charge >= 0.3 is 6.09 Å². The van der Waals surface area contributed by atoms with Gasteiger partial charge in [0.2, 0.25) is 0 Å². The molecule has 5 heterocycles. The summed E-state index contributed by atoms with van der Waals surface area (Å²) in [6.45, 7) is -0.317. The van der Waals surface area contributed by atoms with Gasteiger partial charge < -0.3 is 35.0 Å². The molecule has 3 aromatic rings. The summed E-state index contributed by atoms with van der Waals surface area (Å²) in [6, 6.07) is 7.23. The second-order valence-corrected chi connectivity index (χ2v) is 10.0. The van der Waals surface area contributed by atoms with E-state index in [2.05, 4.69) is 20.3 Å². The highest BCUT2D eigenvalue weighted by atomic mass is 35.5. The van der Waals surface area contributed by atoms with Crippen LogP contribution in [0.15, 0.2) is 36.9 Å². The number of halogens is 1. The van der Waals surface area contributed by atoms with E-state index in [1.54, 1.807) is 6.07 Å². The summed E-state index contributed by atoms with van der Waals surface area (Å²) in [6.07, 6.45) is 0.627. The van der Waals surface area contributed by atoms with E-state index in [1.807, 2.05) is 23.1 Å². The average Bonchev–Trinajstić information content (AvgIpc) is 3.66. The van der Waals surface area contributed by atoms with Crippen LogP contribution in [0, 0.1) is 0 Å². The van der Waals surface area contributed by atoms with Gasteiger partial charge in [0.1, 0.15) is 31.2 Å². The van der Waals surface area contributed by atoms with Crippen molar-refractivity contribution < 1.29 is 29.6 Å². The molecule has 1 amide bonds. The molecule has 2 bridgehead atoms. The van der Waals surface area contributed by atoms with Crippen LogP contribution in [0.1, 0.15) is 31.1 Å². The summed E-state index contributed by atoms with van der Waals surface area (Å²) in [4.78, 5) is 27.9. The molecule has 0 spiro atoms. The van der Waals surface area contributed by atoms with Crippen molar-refractivity contribution in [3.05, 3.63) is 47.5 Å². The number of carbonyl (C=O) groups is 1. The summed E-state index contributed by atoms with van der Waals surface area (Å²) in [5.74, 6) is 0.498. The van der Waals surface area contributed by atoms with Crippen molar-refractivity contribution in [1.29, 1.82) is 0 Å². The maximum Gasteiger partial charge on any atom is 0.410 e. The minimum atomic E-state index is -1.25. The highest BCUT2D eigenvalue weighted by Gasteiger charge is 2.50. The van der Waals surface area contributed by atoms with Gasteiger partial charge in [-0.05, 0) is 25.3 Å². The Balaban J connectivity index is 1.17. The fourth-order valence-corrected chi connectivity index (χ4v) is 5.88. The molecule has 3 unspecified atom stereocenters. The molecule has 1 aromatic carbocycles. The van der Waals surface area contributed by atoms with Crippen LogP contribution in [0.25, 0.3) is 11.2 Å². The van der Waals surface area contributed by atoms with Gasteiger partial charge in [-0.2, -0.15) is 0 Å². The van der Waals surface area contributed by atoms with Crippen molar-refractivity contribution in [2.75, 3.05) is 11.9 Å². The van der Waals surface area contributed by atoms with Crippen LogP contribution < -0.4 is 5.32 Å². The zero-order chi connectivity index (χ0) is 25.7. The van der Waals surface area contributed by atoms with E-state index in [-0.39, 0.29) is 30.8 Å². The van der Waals surface area contributed by atoms with Gasteiger partial charge in [0.15, 0.2) is 23.2 Å². The summed E-state index contributed by atoms with van der Waals surface area (Å²) >= 11 is 6.19. The predicted octanol–water partition coefficient (Wildman–Crippen LogP) is 1.45. The Morgan fingerprint density at radius 3 is 2.81 bits per heavy atom. The molecule has 196 valence electrons. The molecule has 7 atom stereocenters. The van der Waals surface area contributed by atoms with E-state index in [0.29, 0.717) is 22.0 Å². The first-order valence-electron chi connectivity index (χ1n) is 12.2. The summed E-state index contributed by atoms with van der Waals surface area (Å²) in [5.41, 5.74) is 1.63. The van der Waals surface area contributed by atoms with E-state index in [0.717, 1.165) is 24.8 Å². The molecule has 2 aromatic heterocycles. The molecule has 12 nitrogen and oxygen atoms in total. The molecular formula is C24H27ClN6O6. The van der Waals surface area contributed by atoms with Crippen LogP contribution in [0.2, 0.25) is 5.02 Å². The van der Waals surface area contributed by atoms with E-state index < -0.39 is 31.1 Å². The number of hydrogen-bond acceptors (Lipinski definition) is 10. The number of rotatable bonds is 6. The number of aliphatic hydroxyl groups excluding tert-OH is 3. The van der Waals surface area contributed by atoms with Gasteiger partial charge in [-0.15, -0.1) is 0 Å². The number of nitrogens with one attached hydrogen (secondary N) is 1. The first kappa shape index (κ1) is 24.3. The van der Waals surface area contributed by atoms with Gasteiger partial charge in [0.25, 0.3) is 0 Å². The maximum absolute atomic E-state index is 13.0. The van der Waals surface area contributed by atoms with Gasteiger partial charge in [-0.25, -0.2) is 19.7 Å².